The lowest BCUT2D eigenvalue weighted by Gasteiger charge is -2.13. The van der Waals surface area contributed by atoms with Crippen molar-refractivity contribution in [1.82, 2.24) is 5.32 Å². The summed E-state index contributed by atoms with van der Waals surface area (Å²) in [5.41, 5.74) is -0.500. The van der Waals surface area contributed by atoms with Crippen molar-refractivity contribution in [3.63, 3.8) is 0 Å². The van der Waals surface area contributed by atoms with Crippen LogP contribution in [0.3, 0.4) is 0 Å². The molecule has 2 aliphatic carbocycles. The molecule has 0 heterocycles. The van der Waals surface area contributed by atoms with E-state index in [1.165, 1.54) is 0 Å². The van der Waals surface area contributed by atoms with E-state index in [1.807, 2.05) is 12.2 Å². The summed E-state index contributed by atoms with van der Waals surface area (Å²) < 4.78 is 0. The van der Waals surface area contributed by atoms with Crippen LogP contribution in [0, 0.1) is 17.2 Å². The summed E-state index contributed by atoms with van der Waals surface area (Å²) >= 11 is 0. The number of carbonyl (C=O) groups excluding carboxylic acids is 1. The molecular formula is C10H12N2O. The van der Waals surface area contributed by atoms with E-state index in [0.29, 0.717) is 0 Å². The van der Waals surface area contributed by atoms with Gasteiger partial charge in [-0.25, -0.2) is 0 Å². The lowest BCUT2D eigenvalue weighted by Crippen LogP contribution is -2.39. The van der Waals surface area contributed by atoms with Crippen LogP contribution in [0.5, 0.6) is 0 Å². The van der Waals surface area contributed by atoms with Gasteiger partial charge < -0.3 is 5.32 Å². The molecule has 0 unspecified atom stereocenters. The number of amides is 1. The van der Waals surface area contributed by atoms with Gasteiger partial charge in [-0.1, -0.05) is 12.2 Å². The quantitative estimate of drug-likeness (QED) is 0.641. The molecule has 0 aromatic rings. The molecule has 0 bridgehead atoms. The highest BCUT2D eigenvalue weighted by Gasteiger charge is 2.45. The summed E-state index contributed by atoms with van der Waals surface area (Å²) in [7, 11) is 0. The largest absolute Gasteiger partial charge is 0.338 e. The molecule has 2 rings (SSSR count). The molecule has 3 nitrogen and oxygen atoms in total. The Labute approximate surface area is 77.4 Å². The molecule has 2 aliphatic rings. The molecule has 0 saturated heterocycles. The zero-order valence-corrected chi connectivity index (χ0v) is 7.42. The first-order valence-electron chi connectivity index (χ1n) is 4.64. The third kappa shape index (κ3) is 1.57. The van der Waals surface area contributed by atoms with E-state index in [2.05, 4.69) is 11.4 Å². The van der Waals surface area contributed by atoms with Crippen molar-refractivity contribution in [3.05, 3.63) is 12.2 Å². The highest BCUT2D eigenvalue weighted by Crippen LogP contribution is 2.35. The molecule has 0 aliphatic heterocycles. The van der Waals surface area contributed by atoms with Gasteiger partial charge in [-0.15, -0.1) is 0 Å². The molecule has 0 aromatic carbocycles. The maximum Gasteiger partial charge on any atom is 0.224 e. The van der Waals surface area contributed by atoms with Gasteiger partial charge in [0, 0.05) is 5.92 Å². The fourth-order valence-electron chi connectivity index (χ4n) is 1.56. The molecule has 68 valence electrons. The Bertz CT molecular complexity index is 289. The Morgan fingerprint density at radius 3 is 2.54 bits per heavy atom. The predicted molar refractivity (Wildman–Crippen MR) is 47.6 cm³/mol. The topological polar surface area (TPSA) is 52.9 Å². The van der Waals surface area contributed by atoms with Crippen LogP contribution in [-0.4, -0.2) is 11.4 Å². The van der Waals surface area contributed by atoms with Crippen molar-refractivity contribution in [2.75, 3.05) is 0 Å². The van der Waals surface area contributed by atoms with Gasteiger partial charge in [-0.2, -0.15) is 5.26 Å². The van der Waals surface area contributed by atoms with Gasteiger partial charge >= 0.3 is 0 Å². The molecule has 1 saturated carbocycles. The van der Waals surface area contributed by atoms with E-state index in [1.54, 1.807) is 0 Å². The number of rotatable bonds is 2. The Hall–Kier alpha value is -1.30. The highest BCUT2D eigenvalue weighted by atomic mass is 16.2. The normalized spacial score (nSPS) is 23.9. The van der Waals surface area contributed by atoms with E-state index < -0.39 is 5.54 Å². The Balaban J connectivity index is 1.89. The Morgan fingerprint density at radius 1 is 1.46 bits per heavy atom. The van der Waals surface area contributed by atoms with Gasteiger partial charge in [0.2, 0.25) is 5.91 Å². The van der Waals surface area contributed by atoms with E-state index in [9.17, 15) is 4.79 Å². The number of nitriles is 1. The van der Waals surface area contributed by atoms with Crippen LogP contribution >= 0.6 is 0 Å². The van der Waals surface area contributed by atoms with Crippen LogP contribution in [0.2, 0.25) is 0 Å². The maximum atomic E-state index is 11.6. The lowest BCUT2D eigenvalue weighted by molar-refractivity contribution is -0.125. The first-order chi connectivity index (χ1) is 6.26. The summed E-state index contributed by atoms with van der Waals surface area (Å²) in [6.07, 6.45) is 7.33. The van der Waals surface area contributed by atoms with Crippen LogP contribution in [0.25, 0.3) is 0 Å². The number of hydrogen-bond acceptors (Lipinski definition) is 2. The number of hydrogen-bond donors (Lipinski definition) is 1. The predicted octanol–water partition coefficient (Wildman–Crippen LogP) is 1.12. The zero-order valence-electron chi connectivity index (χ0n) is 7.42. The molecule has 13 heavy (non-hydrogen) atoms. The van der Waals surface area contributed by atoms with Gasteiger partial charge in [0.05, 0.1) is 6.07 Å². The molecule has 0 spiro atoms. The van der Waals surface area contributed by atoms with E-state index >= 15 is 0 Å². The van der Waals surface area contributed by atoms with Crippen molar-refractivity contribution in [2.24, 2.45) is 5.92 Å². The van der Waals surface area contributed by atoms with Crippen LogP contribution in [-0.2, 0) is 4.79 Å². The maximum absolute atomic E-state index is 11.6. The molecule has 0 atom stereocenters. The summed E-state index contributed by atoms with van der Waals surface area (Å²) in [6, 6.07) is 2.15. The Kier molecular flexibility index (Phi) is 1.84. The number of nitrogens with one attached hydrogen (secondary N) is 1. The second-order valence-corrected chi connectivity index (χ2v) is 3.82. The summed E-state index contributed by atoms with van der Waals surface area (Å²) in [5.74, 6) is 0.120. The third-order valence-electron chi connectivity index (χ3n) is 2.71. The first-order valence-corrected chi connectivity index (χ1v) is 4.64. The SMILES string of the molecule is N#CC1(NC(=O)C2CC=CC2)CC1. The van der Waals surface area contributed by atoms with E-state index in [-0.39, 0.29) is 11.8 Å². The number of allylic oxidation sites excluding steroid dienone is 2. The van der Waals surface area contributed by atoms with Gasteiger partial charge in [0.25, 0.3) is 0 Å². The van der Waals surface area contributed by atoms with E-state index in [0.717, 1.165) is 25.7 Å². The van der Waals surface area contributed by atoms with Crippen molar-refractivity contribution in [1.29, 1.82) is 5.26 Å². The standard InChI is InChI=1S/C10H12N2O/c11-7-10(5-6-10)12-9(13)8-3-1-2-4-8/h1-2,8H,3-6H2,(H,12,13). The van der Waals surface area contributed by atoms with Crippen molar-refractivity contribution in [3.8, 4) is 6.07 Å². The molecule has 1 fully saturated rings. The zero-order chi connectivity index (χ0) is 9.31. The summed E-state index contributed by atoms with van der Waals surface area (Å²) in [4.78, 5) is 11.6. The smallest absolute Gasteiger partial charge is 0.224 e. The fraction of sp³-hybridized carbons (Fsp3) is 0.600. The van der Waals surface area contributed by atoms with Crippen molar-refractivity contribution >= 4 is 5.91 Å². The molecule has 3 heteroatoms. The molecular weight excluding hydrogens is 164 g/mol. The van der Waals surface area contributed by atoms with E-state index in [4.69, 9.17) is 5.26 Å². The average molecular weight is 176 g/mol. The minimum absolute atomic E-state index is 0.0454. The third-order valence-corrected chi connectivity index (χ3v) is 2.71. The van der Waals surface area contributed by atoms with Crippen LogP contribution in [0.4, 0.5) is 0 Å². The molecule has 0 aromatic heterocycles. The van der Waals surface area contributed by atoms with Crippen molar-refractivity contribution in [2.45, 2.75) is 31.2 Å². The first kappa shape index (κ1) is 8.31. The van der Waals surface area contributed by atoms with Crippen LogP contribution < -0.4 is 5.32 Å². The van der Waals surface area contributed by atoms with Gasteiger partial charge in [-0.05, 0) is 25.7 Å². The number of nitrogens with zero attached hydrogens (tertiary/aromatic N) is 1. The van der Waals surface area contributed by atoms with Crippen molar-refractivity contribution < 1.29 is 4.79 Å². The summed E-state index contributed by atoms with van der Waals surface area (Å²) in [6.45, 7) is 0. The fourth-order valence-corrected chi connectivity index (χ4v) is 1.56. The highest BCUT2D eigenvalue weighted by molar-refractivity contribution is 5.81. The second kappa shape index (κ2) is 2.88. The Morgan fingerprint density at radius 2 is 2.08 bits per heavy atom. The minimum atomic E-state index is -0.500. The molecule has 1 amide bonds. The molecule has 1 N–H and O–H groups in total. The van der Waals surface area contributed by atoms with Gasteiger partial charge in [0.1, 0.15) is 5.54 Å². The van der Waals surface area contributed by atoms with Gasteiger partial charge in [0.15, 0.2) is 0 Å². The monoisotopic (exact) mass is 176 g/mol. The van der Waals surface area contributed by atoms with Crippen LogP contribution in [0.1, 0.15) is 25.7 Å². The average Bonchev–Trinajstić information content (AvgIpc) is 2.69. The van der Waals surface area contributed by atoms with Gasteiger partial charge in [-0.3, -0.25) is 4.79 Å². The molecule has 0 radical (unpaired) electrons. The lowest BCUT2D eigenvalue weighted by atomic mass is 10.1. The summed E-state index contributed by atoms with van der Waals surface area (Å²) in [5, 5.41) is 11.6. The van der Waals surface area contributed by atoms with Crippen LogP contribution in [0.15, 0.2) is 12.2 Å². The minimum Gasteiger partial charge on any atom is -0.338 e. The second-order valence-electron chi connectivity index (χ2n) is 3.82. The number of carbonyl (C=O) groups is 1.